The van der Waals surface area contributed by atoms with Crippen LogP contribution in [-0.4, -0.2) is 39.2 Å². The minimum atomic E-state index is -1.17. The SMILES string of the molecule is CC(C)Oc1ccc2c(Cl)nc(C(=O)N[C@@H](C(=O)O)C(C)C)c(O)c2c1. The molecule has 0 unspecified atom stereocenters. The molecule has 1 atom stereocenters. The van der Waals surface area contributed by atoms with Gasteiger partial charge in [-0.1, -0.05) is 25.4 Å². The molecule has 2 aromatic rings. The summed E-state index contributed by atoms with van der Waals surface area (Å²) in [6.07, 6.45) is -0.0722. The van der Waals surface area contributed by atoms with E-state index in [1.54, 1.807) is 32.0 Å². The molecule has 0 spiro atoms. The number of carbonyl (C=O) groups is 2. The standard InChI is InChI=1S/C18H21ClN2O5/c1-8(2)13(18(24)25)21-17(23)14-15(22)12-7-10(26-9(3)4)5-6-11(12)16(19)20-14/h5-9,13,22H,1-4H3,(H,21,23)(H,24,25)/t13-/m1/s1. The number of rotatable bonds is 6. The van der Waals surface area contributed by atoms with Crippen molar-refractivity contribution in [2.24, 2.45) is 5.92 Å². The zero-order valence-corrected chi connectivity index (χ0v) is 15.7. The molecule has 0 saturated heterocycles. The van der Waals surface area contributed by atoms with Crippen molar-refractivity contribution in [3.63, 3.8) is 0 Å². The number of hydrogen-bond donors (Lipinski definition) is 3. The summed E-state index contributed by atoms with van der Waals surface area (Å²) in [5.41, 5.74) is -0.337. The molecule has 1 amide bonds. The zero-order valence-electron chi connectivity index (χ0n) is 14.9. The van der Waals surface area contributed by atoms with Gasteiger partial charge in [-0.15, -0.1) is 0 Å². The summed E-state index contributed by atoms with van der Waals surface area (Å²) in [5.74, 6) is -2.22. The van der Waals surface area contributed by atoms with E-state index in [0.29, 0.717) is 16.5 Å². The lowest BCUT2D eigenvalue weighted by atomic mass is 10.0. The second kappa shape index (κ2) is 7.78. The number of carbonyl (C=O) groups excluding carboxylic acids is 1. The molecule has 7 nitrogen and oxygen atoms in total. The van der Waals surface area contributed by atoms with Crippen LogP contribution in [0.1, 0.15) is 38.2 Å². The molecular weight excluding hydrogens is 360 g/mol. The maximum absolute atomic E-state index is 12.5. The lowest BCUT2D eigenvalue weighted by Gasteiger charge is -2.18. The van der Waals surface area contributed by atoms with E-state index in [2.05, 4.69) is 10.3 Å². The lowest BCUT2D eigenvalue weighted by Crippen LogP contribution is -2.44. The second-order valence-electron chi connectivity index (χ2n) is 6.51. The summed E-state index contributed by atoms with van der Waals surface area (Å²) in [6.45, 7) is 7.05. The van der Waals surface area contributed by atoms with Gasteiger partial charge in [0.15, 0.2) is 11.4 Å². The average Bonchev–Trinajstić information content (AvgIpc) is 2.54. The Labute approximate surface area is 155 Å². The number of ether oxygens (including phenoxy) is 1. The molecule has 1 heterocycles. The van der Waals surface area contributed by atoms with Crippen LogP contribution in [-0.2, 0) is 4.79 Å². The van der Waals surface area contributed by atoms with E-state index >= 15 is 0 Å². The molecule has 3 N–H and O–H groups in total. The fraction of sp³-hybridized carbons (Fsp3) is 0.389. The first-order valence-electron chi connectivity index (χ1n) is 8.14. The molecule has 0 aliphatic heterocycles. The van der Waals surface area contributed by atoms with Crippen LogP contribution in [0.25, 0.3) is 10.8 Å². The van der Waals surface area contributed by atoms with E-state index in [1.165, 1.54) is 0 Å². The number of halogens is 1. The van der Waals surface area contributed by atoms with Gasteiger partial charge in [-0.3, -0.25) is 4.79 Å². The Morgan fingerprint density at radius 1 is 1.19 bits per heavy atom. The Bertz CT molecular complexity index is 851. The first kappa shape index (κ1) is 19.8. The number of aromatic nitrogens is 1. The monoisotopic (exact) mass is 380 g/mol. The van der Waals surface area contributed by atoms with Crippen LogP contribution in [0.5, 0.6) is 11.5 Å². The van der Waals surface area contributed by atoms with Gasteiger partial charge in [0, 0.05) is 10.8 Å². The Hall–Kier alpha value is -2.54. The van der Waals surface area contributed by atoms with Gasteiger partial charge in [0.25, 0.3) is 5.91 Å². The molecule has 1 aromatic heterocycles. The van der Waals surface area contributed by atoms with Gasteiger partial charge >= 0.3 is 5.97 Å². The number of benzene rings is 1. The predicted octanol–water partition coefficient (Wildman–Crippen LogP) is 3.22. The topological polar surface area (TPSA) is 109 Å². The first-order valence-corrected chi connectivity index (χ1v) is 8.52. The molecular formula is C18H21ClN2O5. The zero-order chi connectivity index (χ0) is 19.6. The smallest absolute Gasteiger partial charge is 0.326 e. The van der Waals surface area contributed by atoms with Crippen molar-refractivity contribution in [2.45, 2.75) is 39.8 Å². The highest BCUT2D eigenvalue weighted by Gasteiger charge is 2.27. The van der Waals surface area contributed by atoms with Crippen molar-refractivity contribution < 1.29 is 24.5 Å². The number of nitrogens with one attached hydrogen (secondary N) is 1. The van der Waals surface area contributed by atoms with Gasteiger partial charge in [0.1, 0.15) is 16.9 Å². The number of fused-ring (bicyclic) bond motifs is 1. The highest BCUT2D eigenvalue weighted by molar-refractivity contribution is 6.35. The third-order valence-corrected chi connectivity index (χ3v) is 4.00. The second-order valence-corrected chi connectivity index (χ2v) is 6.87. The molecule has 0 radical (unpaired) electrons. The number of nitrogens with zero attached hydrogens (tertiary/aromatic N) is 1. The van der Waals surface area contributed by atoms with Crippen molar-refractivity contribution in [1.29, 1.82) is 0 Å². The summed E-state index contributed by atoms with van der Waals surface area (Å²) in [5, 5.41) is 22.9. The van der Waals surface area contributed by atoms with Gasteiger partial charge < -0.3 is 20.3 Å². The maximum atomic E-state index is 12.5. The van der Waals surface area contributed by atoms with Crippen LogP contribution in [0.15, 0.2) is 18.2 Å². The van der Waals surface area contributed by atoms with Crippen molar-refractivity contribution >= 4 is 34.2 Å². The molecule has 0 aliphatic carbocycles. The van der Waals surface area contributed by atoms with Gasteiger partial charge in [-0.25, -0.2) is 9.78 Å². The highest BCUT2D eigenvalue weighted by Crippen LogP contribution is 2.34. The highest BCUT2D eigenvalue weighted by atomic mass is 35.5. The Morgan fingerprint density at radius 2 is 1.85 bits per heavy atom. The average molecular weight is 381 g/mol. The molecule has 1 aromatic carbocycles. The van der Waals surface area contributed by atoms with Crippen LogP contribution in [0, 0.1) is 5.92 Å². The molecule has 8 heteroatoms. The van der Waals surface area contributed by atoms with E-state index in [4.69, 9.17) is 16.3 Å². The van der Waals surface area contributed by atoms with Gasteiger partial charge in [0.05, 0.1) is 6.10 Å². The largest absolute Gasteiger partial charge is 0.505 e. The van der Waals surface area contributed by atoms with Crippen LogP contribution in [0.3, 0.4) is 0 Å². The van der Waals surface area contributed by atoms with E-state index in [9.17, 15) is 19.8 Å². The number of amides is 1. The molecule has 0 saturated carbocycles. The minimum Gasteiger partial charge on any atom is -0.505 e. The quantitative estimate of drug-likeness (QED) is 0.664. The van der Waals surface area contributed by atoms with Crippen LogP contribution in [0.4, 0.5) is 0 Å². The minimum absolute atomic E-state index is 0.0236. The molecule has 0 fully saturated rings. The first-order chi connectivity index (χ1) is 12.1. The fourth-order valence-corrected chi connectivity index (χ4v) is 2.71. The van der Waals surface area contributed by atoms with E-state index in [0.717, 1.165) is 0 Å². The summed E-state index contributed by atoms with van der Waals surface area (Å²) in [6, 6.07) is 3.77. The number of hydrogen-bond acceptors (Lipinski definition) is 5. The molecule has 0 bridgehead atoms. The van der Waals surface area contributed by atoms with Crippen LogP contribution >= 0.6 is 11.6 Å². The lowest BCUT2D eigenvalue weighted by molar-refractivity contribution is -0.140. The molecule has 0 aliphatic rings. The summed E-state index contributed by atoms with van der Waals surface area (Å²) in [4.78, 5) is 27.7. The molecule has 26 heavy (non-hydrogen) atoms. The van der Waals surface area contributed by atoms with Crippen molar-refractivity contribution in [2.75, 3.05) is 0 Å². The third-order valence-electron chi connectivity index (χ3n) is 3.71. The summed E-state index contributed by atoms with van der Waals surface area (Å²) >= 11 is 6.14. The number of carboxylic acid groups (broad SMARTS) is 1. The van der Waals surface area contributed by atoms with Crippen molar-refractivity contribution in [3.8, 4) is 11.5 Å². The Morgan fingerprint density at radius 3 is 2.38 bits per heavy atom. The van der Waals surface area contributed by atoms with E-state index in [-0.39, 0.29) is 28.6 Å². The molecule has 2 rings (SSSR count). The normalized spacial score (nSPS) is 12.4. The van der Waals surface area contributed by atoms with Crippen LogP contribution in [0.2, 0.25) is 5.15 Å². The maximum Gasteiger partial charge on any atom is 0.326 e. The Balaban J connectivity index is 2.48. The van der Waals surface area contributed by atoms with Crippen molar-refractivity contribution in [1.82, 2.24) is 10.3 Å². The van der Waals surface area contributed by atoms with E-state index in [1.807, 2.05) is 13.8 Å². The third kappa shape index (κ3) is 4.16. The van der Waals surface area contributed by atoms with Gasteiger partial charge in [-0.2, -0.15) is 0 Å². The van der Waals surface area contributed by atoms with Gasteiger partial charge in [-0.05, 0) is 38.0 Å². The number of aliphatic carboxylic acids is 1. The van der Waals surface area contributed by atoms with Crippen LogP contribution < -0.4 is 10.1 Å². The summed E-state index contributed by atoms with van der Waals surface area (Å²) in [7, 11) is 0. The number of pyridine rings is 1. The van der Waals surface area contributed by atoms with Crippen molar-refractivity contribution in [3.05, 3.63) is 29.0 Å². The number of carboxylic acids is 1. The van der Waals surface area contributed by atoms with Gasteiger partial charge in [0.2, 0.25) is 0 Å². The summed E-state index contributed by atoms with van der Waals surface area (Å²) < 4.78 is 5.59. The predicted molar refractivity (Wildman–Crippen MR) is 97.9 cm³/mol. The fourth-order valence-electron chi connectivity index (χ4n) is 2.47. The number of aromatic hydroxyl groups is 1. The van der Waals surface area contributed by atoms with E-state index < -0.39 is 17.9 Å². The Kier molecular flexibility index (Phi) is 5.92. The molecule has 140 valence electrons.